The summed E-state index contributed by atoms with van der Waals surface area (Å²) in [4.78, 5) is 0. The minimum absolute atomic E-state index is 0.401. The van der Waals surface area contributed by atoms with E-state index in [0.717, 1.165) is 5.69 Å². The highest BCUT2D eigenvalue weighted by atomic mass is 35.5. The van der Waals surface area contributed by atoms with Crippen LogP contribution in [0, 0.1) is 0 Å². The summed E-state index contributed by atoms with van der Waals surface area (Å²) < 4.78 is 1.70. The normalized spacial score (nSPS) is 12.7. The van der Waals surface area contributed by atoms with Crippen LogP contribution in [0.2, 0.25) is 10.0 Å². The highest BCUT2D eigenvalue weighted by molar-refractivity contribution is 6.42. The van der Waals surface area contributed by atoms with Gasteiger partial charge in [-0.25, -0.2) is 0 Å². The van der Waals surface area contributed by atoms with E-state index in [-0.39, 0.29) is 0 Å². The van der Waals surface area contributed by atoms with Crippen LogP contribution in [0.4, 0.5) is 0 Å². The number of benzene rings is 1. The predicted octanol–water partition coefficient (Wildman–Crippen LogP) is 3.00. The number of rotatable bonds is 3. The maximum atomic E-state index is 10.1. The number of halogens is 2. The molecule has 0 saturated carbocycles. The topological polar surface area (TPSA) is 38.0 Å². The molecule has 2 rings (SSSR count). The SMILES string of the molecule is Cn1ccc(CC(O)c2cccc(Cl)c2Cl)n1. The van der Waals surface area contributed by atoms with E-state index in [9.17, 15) is 5.11 Å². The van der Waals surface area contributed by atoms with Crippen LogP contribution in [0.15, 0.2) is 30.5 Å². The van der Waals surface area contributed by atoms with Gasteiger partial charge in [0, 0.05) is 25.2 Å². The molecule has 1 atom stereocenters. The van der Waals surface area contributed by atoms with Gasteiger partial charge in [0.05, 0.1) is 21.8 Å². The summed E-state index contributed by atoms with van der Waals surface area (Å²) in [5.74, 6) is 0. The minimum Gasteiger partial charge on any atom is -0.388 e. The fourth-order valence-corrected chi connectivity index (χ4v) is 2.09. The van der Waals surface area contributed by atoms with Crippen molar-refractivity contribution >= 4 is 23.2 Å². The maximum absolute atomic E-state index is 10.1. The minimum atomic E-state index is -0.698. The second kappa shape index (κ2) is 5.08. The van der Waals surface area contributed by atoms with Crippen molar-refractivity contribution in [3.8, 4) is 0 Å². The van der Waals surface area contributed by atoms with Crippen molar-refractivity contribution in [2.75, 3.05) is 0 Å². The zero-order valence-corrected chi connectivity index (χ0v) is 10.8. The first kappa shape index (κ1) is 12.4. The van der Waals surface area contributed by atoms with Crippen molar-refractivity contribution in [2.45, 2.75) is 12.5 Å². The molecule has 1 aromatic carbocycles. The fourth-order valence-electron chi connectivity index (χ4n) is 1.66. The van der Waals surface area contributed by atoms with E-state index < -0.39 is 6.10 Å². The van der Waals surface area contributed by atoms with Crippen LogP contribution in [0.5, 0.6) is 0 Å². The lowest BCUT2D eigenvalue weighted by molar-refractivity contribution is 0.177. The summed E-state index contributed by atoms with van der Waals surface area (Å²) in [6.45, 7) is 0. The van der Waals surface area contributed by atoms with Gasteiger partial charge in [-0.15, -0.1) is 0 Å². The molecule has 5 heteroatoms. The van der Waals surface area contributed by atoms with E-state index in [1.165, 1.54) is 0 Å². The van der Waals surface area contributed by atoms with Gasteiger partial charge in [0.15, 0.2) is 0 Å². The zero-order valence-electron chi connectivity index (χ0n) is 9.27. The number of hydrogen-bond acceptors (Lipinski definition) is 2. The van der Waals surface area contributed by atoms with E-state index in [1.54, 1.807) is 22.9 Å². The van der Waals surface area contributed by atoms with Crippen LogP contribution >= 0.6 is 23.2 Å². The standard InChI is InChI=1S/C12H12Cl2N2O/c1-16-6-5-8(15-16)7-11(17)9-3-2-4-10(13)12(9)14/h2-6,11,17H,7H2,1H3. The Bertz CT molecular complexity index is 525. The Morgan fingerprint density at radius 2 is 2.12 bits per heavy atom. The molecule has 0 aliphatic heterocycles. The molecule has 17 heavy (non-hydrogen) atoms. The van der Waals surface area contributed by atoms with Gasteiger partial charge < -0.3 is 5.11 Å². The monoisotopic (exact) mass is 270 g/mol. The van der Waals surface area contributed by atoms with Crippen molar-refractivity contribution in [1.82, 2.24) is 9.78 Å². The molecule has 1 heterocycles. The Hall–Kier alpha value is -1.03. The predicted molar refractivity (Wildman–Crippen MR) is 68.3 cm³/mol. The third kappa shape index (κ3) is 2.80. The molecule has 0 bridgehead atoms. The molecular weight excluding hydrogens is 259 g/mol. The lowest BCUT2D eigenvalue weighted by Gasteiger charge is -2.12. The van der Waals surface area contributed by atoms with Crippen LogP contribution in [0.25, 0.3) is 0 Å². The molecule has 0 spiro atoms. The molecule has 0 amide bonds. The van der Waals surface area contributed by atoms with E-state index in [1.807, 2.05) is 19.3 Å². The Morgan fingerprint density at radius 1 is 1.35 bits per heavy atom. The second-order valence-corrected chi connectivity index (χ2v) is 4.63. The summed E-state index contributed by atoms with van der Waals surface area (Å²) in [5, 5.41) is 15.2. The molecule has 90 valence electrons. The fraction of sp³-hybridized carbons (Fsp3) is 0.250. The van der Waals surface area contributed by atoms with Crippen LogP contribution in [-0.2, 0) is 13.5 Å². The molecule has 3 nitrogen and oxygen atoms in total. The van der Waals surface area contributed by atoms with Gasteiger partial charge in [-0.1, -0.05) is 35.3 Å². The first-order chi connectivity index (χ1) is 8.08. The van der Waals surface area contributed by atoms with Crippen LogP contribution in [0.3, 0.4) is 0 Å². The van der Waals surface area contributed by atoms with E-state index in [0.29, 0.717) is 22.0 Å². The molecule has 0 aliphatic rings. The summed E-state index contributed by atoms with van der Waals surface area (Å²) in [6, 6.07) is 7.09. The van der Waals surface area contributed by atoms with E-state index in [4.69, 9.17) is 23.2 Å². The molecule has 0 aliphatic carbocycles. The molecule has 1 unspecified atom stereocenters. The quantitative estimate of drug-likeness (QED) is 0.931. The highest BCUT2D eigenvalue weighted by Gasteiger charge is 2.15. The molecule has 2 aromatic rings. The van der Waals surface area contributed by atoms with Gasteiger partial charge in [0.25, 0.3) is 0 Å². The average molecular weight is 271 g/mol. The van der Waals surface area contributed by atoms with Crippen LogP contribution < -0.4 is 0 Å². The molecular formula is C12H12Cl2N2O. The molecule has 0 saturated heterocycles. The lowest BCUT2D eigenvalue weighted by atomic mass is 10.1. The van der Waals surface area contributed by atoms with Gasteiger partial charge in [0.1, 0.15) is 0 Å². The maximum Gasteiger partial charge on any atom is 0.0861 e. The first-order valence-electron chi connectivity index (χ1n) is 5.18. The average Bonchev–Trinajstić information content (AvgIpc) is 2.68. The number of aromatic nitrogens is 2. The Labute approximate surface area is 110 Å². The van der Waals surface area contributed by atoms with Gasteiger partial charge >= 0.3 is 0 Å². The van der Waals surface area contributed by atoms with Gasteiger partial charge in [0.2, 0.25) is 0 Å². The summed E-state index contributed by atoms with van der Waals surface area (Å²) in [6.07, 6.45) is 1.55. The third-order valence-electron chi connectivity index (χ3n) is 2.51. The smallest absolute Gasteiger partial charge is 0.0861 e. The third-order valence-corrected chi connectivity index (χ3v) is 3.35. The number of nitrogens with zero attached hydrogens (tertiary/aromatic N) is 2. The number of aliphatic hydroxyl groups is 1. The van der Waals surface area contributed by atoms with Crippen LogP contribution in [0.1, 0.15) is 17.4 Å². The van der Waals surface area contributed by atoms with Gasteiger partial charge in [-0.2, -0.15) is 5.10 Å². The molecule has 0 radical (unpaired) electrons. The lowest BCUT2D eigenvalue weighted by Crippen LogP contribution is -2.04. The summed E-state index contributed by atoms with van der Waals surface area (Å²) in [7, 11) is 1.84. The van der Waals surface area contributed by atoms with Crippen molar-refractivity contribution in [3.63, 3.8) is 0 Å². The highest BCUT2D eigenvalue weighted by Crippen LogP contribution is 2.31. The second-order valence-electron chi connectivity index (χ2n) is 3.84. The van der Waals surface area contributed by atoms with Crippen molar-refractivity contribution in [1.29, 1.82) is 0 Å². The van der Waals surface area contributed by atoms with E-state index >= 15 is 0 Å². The first-order valence-corrected chi connectivity index (χ1v) is 5.94. The van der Waals surface area contributed by atoms with Crippen LogP contribution in [-0.4, -0.2) is 14.9 Å². The Morgan fingerprint density at radius 3 is 2.76 bits per heavy atom. The van der Waals surface area contributed by atoms with Gasteiger partial charge in [-0.3, -0.25) is 4.68 Å². The molecule has 0 fully saturated rings. The number of aliphatic hydroxyl groups excluding tert-OH is 1. The molecule has 1 aromatic heterocycles. The van der Waals surface area contributed by atoms with Crippen molar-refractivity contribution in [3.05, 3.63) is 51.8 Å². The Balaban J connectivity index is 2.20. The van der Waals surface area contributed by atoms with Crippen molar-refractivity contribution in [2.24, 2.45) is 7.05 Å². The largest absolute Gasteiger partial charge is 0.388 e. The molecule has 1 N–H and O–H groups in total. The van der Waals surface area contributed by atoms with Crippen molar-refractivity contribution < 1.29 is 5.11 Å². The zero-order chi connectivity index (χ0) is 12.4. The summed E-state index contributed by atoms with van der Waals surface area (Å²) in [5.41, 5.74) is 1.45. The summed E-state index contributed by atoms with van der Waals surface area (Å²) >= 11 is 11.9. The van der Waals surface area contributed by atoms with Gasteiger partial charge in [-0.05, 0) is 12.1 Å². The Kier molecular flexibility index (Phi) is 3.72. The number of aryl methyl sites for hydroxylation is 1. The van der Waals surface area contributed by atoms with E-state index in [2.05, 4.69) is 5.10 Å². The number of hydrogen-bond donors (Lipinski definition) is 1.